The topological polar surface area (TPSA) is 17.1 Å². The van der Waals surface area contributed by atoms with Gasteiger partial charge in [-0.05, 0) is 41.3 Å². The molecular weight excluding hydrogens is 256 g/mol. The number of carbonyl (C=O) groups excluding carboxylic acids is 1. The van der Waals surface area contributed by atoms with E-state index in [4.69, 9.17) is 0 Å². The summed E-state index contributed by atoms with van der Waals surface area (Å²) < 4.78 is 0. The minimum absolute atomic E-state index is 0.166. The van der Waals surface area contributed by atoms with E-state index in [-0.39, 0.29) is 5.78 Å². The van der Waals surface area contributed by atoms with Crippen LogP contribution >= 0.6 is 0 Å². The summed E-state index contributed by atoms with van der Waals surface area (Å²) in [4.78, 5) is 12.3. The zero-order chi connectivity index (χ0) is 14.8. The van der Waals surface area contributed by atoms with E-state index >= 15 is 0 Å². The predicted molar refractivity (Wildman–Crippen MR) is 87.9 cm³/mol. The molecule has 1 nitrogen and oxygen atoms in total. The third-order valence-corrected chi connectivity index (χ3v) is 3.98. The largest absolute Gasteiger partial charge is 0.294 e. The number of benzene rings is 3. The zero-order valence-corrected chi connectivity index (χ0v) is 12.4. The van der Waals surface area contributed by atoms with Crippen molar-refractivity contribution in [3.05, 3.63) is 82.9 Å². The Hall–Kier alpha value is -2.41. The lowest BCUT2D eigenvalue weighted by atomic mass is 9.98. The van der Waals surface area contributed by atoms with Crippen molar-refractivity contribution >= 4 is 16.6 Å². The third kappa shape index (κ3) is 2.87. The van der Waals surface area contributed by atoms with Gasteiger partial charge < -0.3 is 0 Å². The van der Waals surface area contributed by atoms with Gasteiger partial charge in [-0.15, -0.1) is 0 Å². The van der Waals surface area contributed by atoms with Gasteiger partial charge in [0.1, 0.15) is 0 Å². The molecule has 0 heterocycles. The van der Waals surface area contributed by atoms with Crippen LogP contribution in [0.15, 0.2) is 60.7 Å². The highest BCUT2D eigenvalue weighted by Crippen LogP contribution is 2.21. The fourth-order valence-electron chi connectivity index (χ4n) is 2.60. The number of hydrogen-bond acceptors (Lipinski definition) is 1. The molecule has 0 atom stereocenters. The second kappa shape index (κ2) is 5.53. The van der Waals surface area contributed by atoms with Gasteiger partial charge >= 0.3 is 0 Å². The first-order valence-electron chi connectivity index (χ1n) is 7.21. The van der Waals surface area contributed by atoms with Crippen molar-refractivity contribution in [2.45, 2.75) is 20.3 Å². The maximum atomic E-state index is 12.3. The minimum atomic E-state index is 0.166. The molecule has 0 aromatic heterocycles. The van der Waals surface area contributed by atoms with E-state index in [1.54, 1.807) is 0 Å². The molecule has 3 rings (SSSR count). The Kier molecular flexibility index (Phi) is 3.57. The van der Waals surface area contributed by atoms with Crippen LogP contribution in [0.4, 0.5) is 0 Å². The van der Waals surface area contributed by atoms with Crippen LogP contribution < -0.4 is 0 Å². The molecule has 0 radical (unpaired) electrons. The molecule has 3 aromatic carbocycles. The van der Waals surface area contributed by atoms with Crippen LogP contribution in [0, 0.1) is 13.8 Å². The fourth-order valence-corrected chi connectivity index (χ4v) is 2.60. The summed E-state index contributed by atoms with van der Waals surface area (Å²) in [7, 11) is 0. The molecule has 0 fully saturated rings. The fraction of sp³-hybridized carbons (Fsp3) is 0.150. The average molecular weight is 274 g/mol. The van der Waals surface area contributed by atoms with Crippen molar-refractivity contribution in [2.75, 3.05) is 0 Å². The maximum absolute atomic E-state index is 12.3. The highest BCUT2D eigenvalue weighted by molar-refractivity contribution is 5.98. The van der Waals surface area contributed by atoms with Crippen LogP contribution in [0.1, 0.15) is 27.0 Å². The summed E-state index contributed by atoms with van der Waals surface area (Å²) in [5.74, 6) is 0.166. The van der Waals surface area contributed by atoms with Crippen molar-refractivity contribution in [1.29, 1.82) is 0 Å². The number of hydrogen-bond donors (Lipinski definition) is 0. The van der Waals surface area contributed by atoms with Gasteiger partial charge in [-0.3, -0.25) is 4.79 Å². The second-order valence-electron chi connectivity index (χ2n) is 5.58. The molecule has 104 valence electrons. The highest BCUT2D eigenvalue weighted by Gasteiger charge is 2.07. The SMILES string of the molecule is Cc1cc2ccc(CC(=O)c3ccccc3)cc2cc1C. The van der Waals surface area contributed by atoms with Crippen LogP contribution in [0.25, 0.3) is 10.8 Å². The Balaban J connectivity index is 1.91. The molecule has 0 aliphatic rings. The number of Topliss-reactive ketones (excluding diaryl/α,β-unsaturated/α-hetero) is 1. The summed E-state index contributed by atoms with van der Waals surface area (Å²) in [5.41, 5.74) is 4.43. The normalized spacial score (nSPS) is 10.8. The molecule has 3 aromatic rings. The third-order valence-electron chi connectivity index (χ3n) is 3.98. The van der Waals surface area contributed by atoms with E-state index in [1.165, 1.54) is 21.9 Å². The van der Waals surface area contributed by atoms with Gasteiger partial charge in [0, 0.05) is 12.0 Å². The summed E-state index contributed by atoms with van der Waals surface area (Å²) in [6, 6.07) is 20.2. The molecule has 0 aliphatic carbocycles. The van der Waals surface area contributed by atoms with Gasteiger partial charge in [-0.25, -0.2) is 0 Å². The first kappa shape index (κ1) is 13.6. The summed E-state index contributed by atoms with van der Waals surface area (Å²) in [6.45, 7) is 4.25. The highest BCUT2D eigenvalue weighted by atomic mass is 16.1. The first-order valence-corrected chi connectivity index (χ1v) is 7.21. The van der Waals surface area contributed by atoms with Gasteiger partial charge in [0.15, 0.2) is 5.78 Å². The van der Waals surface area contributed by atoms with Crippen molar-refractivity contribution in [2.24, 2.45) is 0 Å². The van der Waals surface area contributed by atoms with Gasteiger partial charge in [0.05, 0.1) is 0 Å². The van der Waals surface area contributed by atoms with E-state index in [0.29, 0.717) is 6.42 Å². The number of fused-ring (bicyclic) bond motifs is 1. The van der Waals surface area contributed by atoms with Crippen molar-refractivity contribution in [3.63, 3.8) is 0 Å². The molecule has 0 aliphatic heterocycles. The van der Waals surface area contributed by atoms with Gasteiger partial charge in [0.2, 0.25) is 0 Å². The second-order valence-corrected chi connectivity index (χ2v) is 5.58. The smallest absolute Gasteiger partial charge is 0.167 e. The van der Waals surface area contributed by atoms with E-state index < -0.39 is 0 Å². The monoisotopic (exact) mass is 274 g/mol. The number of carbonyl (C=O) groups is 1. The predicted octanol–water partition coefficient (Wildman–Crippen LogP) is 4.88. The van der Waals surface area contributed by atoms with E-state index in [9.17, 15) is 4.79 Å². The zero-order valence-electron chi connectivity index (χ0n) is 12.4. The quantitative estimate of drug-likeness (QED) is 0.622. The Morgan fingerprint density at radius 2 is 1.48 bits per heavy atom. The lowest BCUT2D eigenvalue weighted by Crippen LogP contribution is -2.03. The van der Waals surface area contributed by atoms with Crippen molar-refractivity contribution < 1.29 is 4.79 Å². The standard InChI is InChI=1S/C20H18O/c1-14-10-18-9-8-16(12-19(18)11-15(14)2)13-20(21)17-6-4-3-5-7-17/h3-12H,13H2,1-2H3. The van der Waals surface area contributed by atoms with Crippen LogP contribution in [0.3, 0.4) is 0 Å². The van der Waals surface area contributed by atoms with Gasteiger partial charge in [-0.1, -0.05) is 60.7 Å². The summed E-state index contributed by atoms with van der Waals surface area (Å²) in [6.07, 6.45) is 0.451. The van der Waals surface area contributed by atoms with Gasteiger partial charge in [0.25, 0.3) is 0 Å². The minimum Gasteiger partial charge on any atom is -0.294 e. The van der Waals surface area contributed by atoms with Crippen molar-refractivity contribution in [1.82, 2.24) is 0 Å². The van der Waals surface area contributed by atoms with E-state index in [1.807, 2.05) is 30.3 Å². The van der Waals surface area contributed by atoms with E-state index in [0.717, 1.165) is 11.1 Å². The Labute approximate surface area is 125 Å². The number of rotatable bonds is 3. The molecule has 0 amide bonds. The molecule has 21 heavy (non-hydrogen) atoms. The van der Waals surface area contributed by atoms with Crippen LogP contribution in [-0.2, 0) is 6.42 Å². The molecule has 0 saturated carbocycles. The first-order chi connectivity index (χ1) is 10.1. The Bertz CT molecular complexity index is 801. The Morgan fingerprint density at radius 3 is 2.19 bits per heavy atom. The summed E-state index contributed by atoms with van der Waals surface area (Å²) >= 11 is 0. The molecule has 0 N–H and O–H groups in total. The molecule has 0 bridgehead atoms. The molecule has 0 spiro atoms. The summed E-state index contributed by atoms with van der Waals surface area (Å²) in [5, 5.41) is 2.44. The maximum Gasteiger partial charge on any atom is 0.167 e. The van der Waals surface area contributed by atoms with Crippen LogP contribution in [0.2, 0.25) is 0 Å². The number of aryl methyl sites for hydroxylation is 2. The van der Waals surface area contributed by atoms with Crippen LogP contribution in [0.5, 0.6) is 0 Å². The Morgan fingerprint density at radius 1 is 0.810 bits per heavy atom. The molecule has 0 saturated heterocycles. The molecular formula is C20H18O. The molecule has 0 unspecified atom stereocenters. The lowest BCUT2D eigenvalue weighted by Gasteiger charge is -2.07. The van der Waals surface area contributed by atoms with E-state index in [2.05, 4.69) is 44.2 Å². The van der Waals surface area contributed by atoms with Crippen LogP contribution in [-0.4, -0.2) is 5.78 Å². The lowest BCUT2D eigenvalue weighted by molar-refractivity contribution is 0.0993. The average Bonchev–Trinajstić information content (AvgIpc) is 2.49. The van der Waals surface area contributed by atoms with Crippen molar-refractivity contribution in [3.8, 4) is 0 Å². The molecule has 1 heteroatoms. The number of ketones is 1. The van der Waals surface area contributed by atoms with Gasteiger partial charge in [-0.2, -0.15) is 0 Å².